The number of amides is 4. The molecule has 298 valence electrons. The molecule has 0 radical (unpaired) electrons. The molecule has 4 amide bonds. The molecular formula is C46H38Cl2N4O7. The predicted molar refractivity (Wildman–Crippen MR) is 224 cm³/mol. The maximum absolute atomic E-state index is 15.6. The fourth-order valence-corrected chi connectivity index (χ4v) is 10.2. The van der Waals surface area contributed by atoms with Crippen molar-refractivity contribution in [3.05, 3.63) is 148 Å². The van der Waals surface area contributed by atoms with Crippen molar-refractivity contribution >= 4 is 69.6 Å². The number of allylic oxidation sites excluding steroid dienone is 2. The molecule has 9 rings (SSSR count). The summed E-state index contributed by atoms with van der Waals surface area (Å²) in [5, 5.41) is 16.7. The molecule has 0 unspecified atom stereocenters. The topological polar surface area (TPSA) is 138 Å². The largest absolute Gasteiger partial charge is 0.508 e. The van der Waals surface area contributed by atoms with Crippen molar-refractivity contribution in [2.75, 3.05) is 29.9 Å². The lowest BCUT2D eigenvalue weighted by molar-refractivity contribution is -0.138. The second-order valence-corrected chi connectivity index (χ2v) is 16.0. The Morgan fingerprint density at radius 1 is 0.763 bits per heavy atom. The maximum Gasteiger partial charge on any atom is 0.260 e. The van der Waals surface area contributed by atoms with E-state index in [1.807, 2.05) is 48.5 Å². The van der Waals surface area contributed by atoms with Gasteiger partial charge in [0.05, 0.1) is 53.8 Å². The van der Waals surface area contributed by atoms with E-state index in [1.165, 1.54) is 31.3 Å². The van der Waals surface area contributed by atoms with Crippen LogP contribution in [-0.4, -0.2) is 48.0 Å². The summed E-state index contributed by atoms with van der Waals surface area (Å²) in [6, 6.07) is 33.2. The van der Waals surface area contributed by atoms with Gasteiger partial charge in [0.2, 0.25) is 11.8 Å². The molecule has 13 heteroatoms. The number of imide groups is 2. The number of aromatic hydroxyl groups is 1. The number of methoxy groups -OCH3 is 2. The zero-order chi connectivity index (χ0) is 41.2. The lowest BCUT2D eigenvalue weighted by atomic mass is 9.49. The number of para-hydroxylation sites is 1. The number of benzene rings is 5. The quantitative estimate of drug-likeness (QED) is 0.0985. The Morgan fingerprint density at radius 2 is 1.49 bits per heavy atom. The van der Waals surface area contributed by atoms with E-state index >= 15 is 9.59 Å². The third kappa shape index (κ3) is 6.02. The van der Waals surface area contributed by atoms with E-state index in [0.717, 1.165) is 16.4 Å². The van der Waals surface area contributed by atoms with Gasteiger partial charge in [-0.05, 0) is 103 Å². The number of hydrogen-bond donors (Lipinski definition) is 3. The van der Waals surface area contributed by atoms with Crippen molar-refractivity contribution in [3.8, 4) is 17.2 Å². The van der Waals surface area contributed by atoms with Gasteiger partial charge in [0.25, 0.3) is 11.8 Å². The lowest BCUT2D eigenvalue weighted by Gasteiger charge is -2.50. The molecule has 2 aliphatic carbocycles. The Morgan fingerprint density at radius 3 is 2.19 bits per heavy atom. The highest BCUT2D eigenvalue weighted by molar-refractivity contribution is 6.36. The number of fused-ring (bicyclic) bond motifs is 4. The molecule has 0 spiro atoms. The van der Waals surface area contributed by atoms with Crippen LogP contribution in [0.5, 0.6) is 17.2 Å². The highest BCUT2D eigenvalue weighted by Gasteiger charge is 2.71. The van der Waals surface area contributed by atoms with Crippen LogP contribution in [-0.2, 0) is 24.6 Å². The molecule has 0 bridgehead atoms. The van der Waals surface area contributed by atoms with Crippen molar-refractivity contribution in [1.82, 2.24) is 5.01 Å². The van der Waals surface area contributed by atoms with E-state index < -0.39 is 46.8 Å². The molecule has 59 heavy (non-hydrogen) atoms. The number of nitrogens with zero attached hydrogens (tertiary/aromatic N) is 2. The molecule has 2 saturated heterocycles. The van der Waals surface area contributed by atoms with Crippen LogP contribution in [0.15, 0.2) is 127 Å². The Kier molecular flexibility index (Phi) is 9.60. The Balaban J connectivity index is 1.18. The third-order valence-electron chi connectivity index (χ3n) is 12.3. The number of anilines is 4. The van der Waals surface area contributed by atoms with Gasteiger partial charge in [-0.1, -0.05) is 71.2 Å². The molecule has 2 aliphatic heterocycles. The molecule has 5 aromatic carbocycles. The van der Waals surface area contributed by atoms with Crippen LogP contribution in [0.25, 0.3) is 0 Å². The monoisotopic (exact) mass is 828 g/mol. The van der Waals surface area contributed by atoms with E-state index in [9.17, 15) is 14.7 Å². The van der Waals surface area contributed by atoms with Crippen LogP contribution < -0.4 is 25.1 Å². The first-order chi connectivity index (χ1) is 28.6. The molecule has 6 atom stereocenters. The molecular weight excluding hydrogens is 791 g/mol. The van der Waals surface area contributed by atoms with Crippen molar-refractivity contribution in [2.45, 2.75) is 24.2 Å². The van der Waals surface area contributed by atoms with Gasteiger partial charge in [-0.3, -0.25) is 29.5 Å². The molecule has 1 saturated carbocycles. The molecule has 3 N–H and O–H groups in total. The van der Waals surface area contributed by atoms with Crippen LogP contribution in [0, 0.1) is 23.7 Å². The predicted octanol–water partition coefficient (Wildman–Crippen LogP) is 8.65. The van der Waals surface area contributed by atoms with Crippen LogP contribution >= 0.6 is 23.2 Å². The summed E-state index contributed by atoms with van der Waals surface area (Å²) in [5.74, 6) is -5.57. The molecule has 0 aromatic heterocycles. The number of nitrogens with one attached hydrogen (secondary N) is 2. The lowest BCUT2D eigenvalue weighted by Crippen LogP contribution is -2.53. The van der Waals surface area contributed by atoms with Gasteiger partial charge in [0.1, 0.15) is 17.2 Å². The summed E-state index contributed by atoms with van der Waals surface area (Å²) in [6.45, 7) is 0. The number of rotatable bonds is 9. The minimum Gasteiger partial charge on any atom is -0.508 e. The Labute approximate surface area is 350 Å². The molecule has 2 heterocycles. The number of carbonyl (C=O) groups is 4. The number of hydrazine groups is 1. The minimum absolute atomic E-state index is 0.0509. The summed E-state index contributed by atoms with van der Waals surface area (Å²) in [7, 11) is 3.00. The fourth-order valence-electron chi connectivity index (χ4n) is 9.79. The number of ether oxygens (including phenoxy) is 2. The van der Waals surface area contributed by atoms with Gasteiger partial charge in [0, 0.05) is 27.9 Å². The smallest absolute Gasteiger partial charge is 0.260 e. The van der Waals surface area contributed by atoms with Gasteiger partial charge in [-0.15, -0.1) is 0 Å². The minimum atomic E-state index is -1.68. The van der Waals surface area contributed by atoms with Crippen LogP contribution in [0.1, 0.15) is 29.9 Å². The van der Waals surface area contributed by atoms with Crippen molar-refractivity contribution in [1.29, 1.82) is 0 Å². The summed E-state index contributed by atoms with van der Waals surface area (Å²) >= 11 is 12.8. The summed E-state index contributed by atoms with van der Waals surface area (Å²) in [4.78, 5) is 61.0. The Hall–Kier alpha value is -6.30. The van der Waals surface area contributed by atoms with E-state index in [4.69, 9.17) is 32.7 Å². The van der Waals surface area contributed by atoms with E-state index in [0.29, 0.717) is 27.6 Å². The average molecular weight is 830 g/mol. The molecule has 3 fully saturated rings. The maximum atomic E-state index is 15.6. The van der Waals surface area contributed by atoms with Gasteiger partial charge in [-0.25, -0.2) is 0 Å². The van der Waals surface area contributed by atoms with Crippen molar-refractivity contribution < 1.29 is 33.8 Å². The van der Waals surface area contributed by atoms with E-state index in [-0.39, 0.29) is 52.4 Å². The molecule has 4 aliphatic rings. The Bertz CT molecular complexity index is 2550. The van der Waals surface area contributed by atoms with Crippen LogP contribution in [0.3, 0.4) is 0 Å². The number of carbonyl (C=O) groups excluding carboxylic acids is 4. The number of hydrogen-bond acceptors (Lipinski definition) is 9. The average Bonchev–Trinajstić information content (AvgIpc) is 3.63. The first kappa shape index (κ1) is 38.2. The number of phenolic OH excluding ortho intramolecular Hbond substituents is 1. The van der Waals surface area contributed by atoms with Crippen molar-refractivity contribution in [3.63, 3.8) is 0 Å². The zero-order valence-corrected chi connectivity index (χ0v) is 33.4. The van der Waals surface area contributed by atoms with Crippen LogP contribution in [0.2, 0.25) is 10.0 Å². The molecule has 11 nitrogen and oxygen atoms in total. The summed E-state index contributed by atoms with van der Waals surface area (Å²) in [6.07, 6.45) is 2.18. The van der Waals surface area contributed by atoms with Crippen LogP contribution in [0.4, 0.5) is 22.7 Å². The van der Waals surface area contributed by atoms with Crippen molar-refractivity contribution in [2.24, 2.45) is 23.7 Å². The van der Waals surface area contributed by atoms with Gasteiger partial charge < -0.3 is 19.9 Å². The highest BCUT2D eigenvalue weighted by atomic mass is 35.5. The first-order valence-corrected chi connectivity index (χ1v) is 19.9. The first-order valence-electron chi connectivity index (χ1n) is 19.2. The highest BCUT2D eigenvalue weighted by Crippen LogP contribution is 2.66. The third-order valence-corrected chi connectivity index (χ3v) is 12.9. The summed E-state index contributed by atoms with van der Waals surface area (Å²) < 4.78 is 11.4. The standard InChI is InChI=1S/C46H38Cl2N4O7/c1-58-30-18-11-25(12-19-30)46-34(43(55)52(45(46)57)50-36-22-13-26(47)23-35(36)48)24-33-31(41(46)40-37(53)9-6-10-38(40)59-2)20-21-32-39(33)44(56)51(42(32)54)29-16-14-28(15-17-29)49-27-7-4-3-5-8-27/h3-20,22-23,32-34,39,41,49-50,53H,21,24H2,1-2H3/t32-,33+,34-,39-,41+,46+/m0/s1. The second kappa shape index (κ2) is 14.8. The number of halogens is 2. The second-order valence-electron chi connectivity index (χ2n) is 15.2. The van der Waals surface area contributed by atoms with E-state index in [2.05, 4.69) is 10.7 Å². The van der Waals surface area contributed by atoms with Gasteiger partial charge in [-0.2, -0.15) is 5.01 Å². The summed E-state index contributed by atoms with van der Waals surface area (Å²) in [5.41, 5.74) is 5.12. The number of phenols is 1. The normalized spacial score (nSPS) is 24.6. The zero-order valence-electron chi connectivity index (χ0n) is 31.9. The van der Waals surface area contributed by atoms with Gasteiger partial charge in [0.15, 0.2) is 0 Å². The fraction of sp³-hybridized carbons (Fsp3) is 0.217. The van der Waals surface area contributed by atoms with E-state index in [1.54, 1.807) is 60.7 Å². The molecule has 5 aromatic rings. The van der Waals surface area contributed by atoms with Gasteiger partial charge >= 0.3 is 0 Å². The SMILES string of the molecule is COc1ccc([C@@]23C(=O)N(Nc4ccc(Cl)cc4Cl)C(=O)[C@@H]2C[C@@H]2C(=CC[C@@H]4C(=O)N(c5ccc(Nc6ccccc6)cc5)C(=O)[C@@H]42)[C@@H]3c2c(O)cccc2OC)cc1.